The maximum Gasteiger partial charge on any atom is 0.328 e. The minimum absolute atomic E-state index is 0.0399. The zero-order valence-corrected chi connectivity index (χ0v) is 36.6. The number of ether oxygens (including phenoxy) is 1. The second-order valence-corrected chi connectivity index (χ2v) is 20.2. The molecule has 15 nitrogen and oxygen atoms in total. The summed E-state index contributed by atoms with van der Waals surface area (Å²) in [6.45, 7) is 9.60. The Morgan fingerprint density at radius 1 is 0.935 bits per heavy atom. The van der Waals surface area contributed by atoms with Crippen molar-refractivity contribution in [3.63, 3.8) is 0 Å². The number of nitrogens with zero attached hydrogens (tertiary/aromatic N) is 7. The summed E-state index contributed by atoms with van der Waals surface area (Å²) in [7, 11) is 1.28. The van der Waals surface area contributed by atoms with Crippen LogP contribution in [0.3, 0.4) is 0 Å². The molecule has 3 aliphatic carbocycles. The highest BCUT2D eigenvalue weighted by Crippen LogP contribution is 2.69. The van der Waals surface area contributed by atoms with Crippen molar-refractivity contribution in [2.24, 2.45) is 29.1 Å². The lowest BCUT2D eigenvalue weighted by Gasteiger charge is -2.66. The zero-order chi connectivity index (χ0) is 43.5. The standard InChI is InChI=1S/C47H63N9O6/c1-46(2,3)40(43(60)56-26-33(57)19-37(56)44(61)62-4)51-42(59)28-9-11-32(12-10-28)54-16-13-27(14-17-54)31-23-49-45(50-24-31)47-21-29-15-18-55(25-30(22-47)39(29)47)36-20-35(52-53-41(36)48)34-7-5-6-8-38(34)58/h5-8,20,23-24,27-30,32-33,37,39-40,57-58H,9-19,21-22,25-26H2,1-4H3,(H2,48,53)(H,51,59)/t28?,29?,30?,32?,33-,37+,39?,40-,47?/m1/s1. The van der Waals surface area contributed by atoms with Gasteiger partial charge in [-0.2, -0.15) is 0 Å². The SMILES string of the molecule is COC(=O)[C@@H]1C[C@@H](O)CN1C(=O)[C@@H](NC(=O)C1CCC(N2CCC(c3cnc(C45CC6CCN(c7cc(-c8ccccc8O)nnc7N)CC(C4)C65)nc3)CC2)CC1)C(C)(C)C. The highest BCUT2D eigenvalue weighted by Gasteiger charge is 2.67. The number of piperidine rings is 1. The van der Waals surface area contributed by atoms with Gasteiger partial charge in [-0.05, 0) is 124 Å². The Morgan fingerprint density at radius 2 is 1.65 bits per heavy atom. The molecule has 3 saturated heterocycles. The van der Waals surface area contributed by atoms with Crippen LogP contribution in [0.2, 0.25) is 0 Å². The number of para-hydroxylation sites is 1. The average molecular weight is 850 g/mol. The molecule has 5 N–H and O–H groups in total. The van der Waals surface area contributed by atoms with Crippen molar-refractivity contribution >= 4 is 29.3 Å². The summed E-state index contributed by atoms with van der Waals surface area (Å²) in [4.78, 5) is 56.4. The molecule has 6 fully saturated rings. The summed E-state index contributed by atoms with van der Waals surface area (Å²) in [6.07, 6.45) is 12.3. The zero-order valence-electron chi connectivity index (χ0n) is 36.6. The molecule has 1 aromatic carbocycles. The number of esters is 1. The van der Waals surface area contributed by atoms with Gasteiger partial charge in [0.15, 0.2) is 5.82 Å². The lowest BCUT2D eigenvalue weighted by Crippen LogP contribution is -2.65. The van der Waals surface area contributed by atoms with Crippen LogP contribution in [0, 0.1) is 29.1 Å². The first-order valence-electron chi connectivity index (χ1n) is 22.8. The van der Waals surface area contributed by atoms with Gasteiger partial charge in [-0.3, -0.25) is 9.59 Å². The van der Waals surface area contributed by atoms with Gasteiger partial charge < -0.3 is 40.7 Å². The number of benzene rings is 1. The molecule has 15 heteroatoms. The van der Waals surface area contributed by atoms with Crippen LogP contribution in [0.4, 0.5) is 11.5 Å². The molecule has 0 radical (unpaired) electrons. The fraction of sp³-hybridized carbons (Fsp3) is 0.638. The lowest BCUT2D eigenvalue weighted by molar-refractivity contribution is -0.153. The van der Waals surface area contributed by atoms with E-state index < -0.39 is 29.6 Å². The van der Waals surface area contributed by atoms with Crippen molar-refractivity contribution in [1.82, 2.24) is 35.3 Å². The molecule has 2 amide bonds. The number of phenolic OH excluding ortho intramolecular Hbond substituents is 1. The number of aliphatic hydroxyl groups is 1. The molecule has 3 aromatic rings. The first kappa shape index (κ1) is 42.4. The molecule has 7 atom stereocenters. The van der Waals surface area contributed by atoms with Gasteiger partial charge in [0.1, 0.15) is 23.7 Å². The van der Waals surface area contributed by atoms with E-state index in [2.05, 4.69) is 37.7 Å². The van der Waals surface area contributed by atoms with Crippen LogP contribution in [0.1, 0.15) is 102 Å². The normalized spacial score (nSPS) is 30.6. The molecule has 9 rings (SSSR count). The molecule has 62 heavy (non-hydrogen) atoms. The van der Waals surface area contributed by atoms with Crippen molar-refractivity contribution in [3.05, 3.63) is 54.1 Å². The van der Waals surface area contributed by atoms with Crippen LogP contribution in [0.15, 0.2) is 42.7 Å². The number of β-amino-alcohol motifs (C(OH)–C–C–N with tert-alkyl or cyclic N) is 1. The maximum absolute atomic E-state index is 13.8. The monoisotopic (exact) mass is 849 g/mol. The van der Waals surface area contributed by atoms with E-state index in [1.54, 1.807) is 12.1 Å². The Morgan fingerprint density at radius 3 is 2.34 bits per heavy atom. The van der Waals surface area contributed by atoms with Crippen LogP contribution in [0.25, 0.3) is 11.3 Å². The second-order valence-electron chi connectivity index (χ2n) is 20.2. The molecule has 2 aromatic heterocycles. The first-order chi connectivity index (χ1) is 29.7. The number of methoxy groups -OCH3 is 1. The van der Waals surface area contributed by atoms with Crippen molar-refractivity contribution in [3.8, 4) is 17.0 Å². The molecule has 3 saturated carbocycles. The largest absolute Gasteiger partial charge is 0.507 e. The van der Waals surface area contributed by atoms with Crippen molar-refractivity contribution in [1.29, 1.82) is 0 Å². The van der Waals surface area contributed by atoms with E-state index in [0.29, 0.717) is 46.8 Å². The van der Waals surface area contributed by atoms with Crippen LogP contribution in [-0.2, 0) is 24.5 Å². The van der Waals surface area contributed by atoms with Crippen molar-refractivity contribution < 1.29 is 29.3 Å². The van der Waals surface area contributed by atoms with Gasteiger partial charge in [0.2, 0.25) is 11.8 Å². The highest BCUT2D eigenvalue weighted by molar-refractivity contribution is 5.92. The van der Waals surface area contributed by atoms with E-state index in [1.807, 2.05) is 39.0 Å². The third-order valence-corrected chi connectivity index (χ3v) is 15.6. The number of nitrogen functional groups attached to an aromatic ring is 1. The van der Waals surface area contributed by atoms with Crippen LogP contribution in [-0.4, -0.2) is 122 Å². The Bertz CT molecular complexity index is 2150. The van der Waals surface area contributed by atoms with Crippen LogP contribution >= 0.6 is 0 Å². The fourth-order valence-corrected chi connectivity index (χ4v) is 12.3. The van der Waals surface area contributed by atoms with Crippen LogP contribution in [0.5, 0.6) is 5.75 Å². The quantitative estimate of drug-likeness (QED) is 0.221. The summed E-state index contributed by atoms with van der Waals surface area (Å²) in [5, 5.41) is 32.4. The minimum atomic E-state index is -0.858. The number of nitrogens with one attached hydrogen (secondary N) is 1. The van der Waals surface area contributed by atoms with E-state index in [-0.39, 0.29) is 41.9 Å². The number of carbonyl (C=O) groups excluding carboxylic acids is 3. The Hall–Kier alpha value is -4.89. The summed E-state index contributed by atoms with van der Waals surface area (Å²) >= 11 is 0. The number of aliphatic hydroxyl groups excluding tert-OH is 1. The van der Waals surface area contributed by atoms with E-state index in [0.717, 1.165) is 95.5 Å². The number of anilines is 2. The Balaban J connectivity index is 0.755. The highest BCUT2D eigenvalue weighted by atomic mass is 16.5. The number of aromatic hydroxyl groups is 1. The number of phenols is 1. The number of likely N-dealkylation sites (tertiary alicyclic amines) is 2. The molecule has 0 bridgehead atoms. The predicted molar refractivity (Wildman–Crippen MR) is 233 cm³/mol. The summed E-state index contributed by atoms with van der Waals surface area (Å²) in [5.41, 5.74) is 9.27. The van der Waals surface area contributed by atoms with E-state index >= 15 is 0 Å². The van der Waals surface area contributed by atoms with Crippen molar-refractivity contribution in [2.45, 2.75) is 121 Å². The number of rotatable bonds is 9. The Kier molecular flexibility index (Phi) is 11.4. The summed E-state index contributed by atoms with van der Waals surface area (Å²) in [6, 6.07) is 7.91. The third kappa shape index (κ3) is 7.77. The van der Waals surface area contributed by atoms with Gasteiger partial charge in [-0.25, -0.2) is 14.8 Å². The van der Waals surface area contributed by atoms with Gasteiger partial charge in [-0.1, -0.05) is 32.9 Å². The smallest absolute Gasteiger partial charge is 0.328 e. The van der Waals surface area contributed by atoms with Gasteiger partial charge in [-0.15, -0.1) is 10.2 Å². The molecule has 6 aliphatic rings. The fourth-order valence-electron chi connectivity index (χ4n) is 12.3. The van der Waals surface area contributed by atoms with Gasteiger partial charge in [0.25, 0.3) is 0 Å². The number of nitrogens with two attached hydrogens (primary N) is 1. The molecule has 332 valence electrons. The van der Waals surface area contributed by atoms with Crippen LogP contribution < -0.4 is 16.0 Å². The summed E-state index contributed by atoms with van der Waals surface area (Å²) in [5.74, 6) is 2.59. The molecule has 5 heterocycles. The number of hydrogen-bond donors (Lipinski definition) is 4. The van der Waals surface area contributed by atoms with Gasteiger partial charge >= 0.3 is 5.97 Å². The number of aromatic nitrogens is 4. The number of carbonyl (C=O) groups is 3. The number of amides is 2. The third-order valence-electron chi connectivity index (χ3n) is 15.6. The number of hydrogen-bond acceptors (Lipinski definition) is 13. The molecule has 0 spiro atoms. The Labute approximate surface area is 364 Å². The molecular weight excluding hydrogens is 787 g/mol. The molecule has 3 aliphatic heterocycles. The predicted octanol–water partition coefficient (Wildman–Crippen LogP) is 4.43. The topological polar surface area (TPSA) is 200 Å². The van der Waals surface area contributed by atoms with E-state index in [9.17, 15) is 24.6 Å². The summed E-state index contributed by atoms with van der Waals surface area (Å²) < 4.78 is 4.91. The molecular formula is C47H63N9O6. The van der Waals surface area contributed by atoms with E-state index in [4.69, 9.17) is 20.4 Å². The average Bonchev–Trinajstić information content (AvgIpc) is 3.65. The first-order valence-corrected chi connectivity index (χ1v) is 22.8. The molecule has 4 unspecified atom stereocenters. The second kappa shape index (κ2) is 16.7. The maximum atomic E-state index is 13.8. The van der Waals surface area contributed by atoms with Gasteiger partial charge in [0, 0.05) is 61.4 Å². The lowest BCUT2D eigenvalue weighted by atomic mass is 9.38. The van der Waals surface area contributed by atoms with Gasteiger partial charge in [0.05, 0.1) is 24.6 Å². The van der Waals surface area contributed by atoms with Crippen molar-refractivity contribution in [2.75, 3.05) is 50.5 Å². The minimum Gasteiger partial charge on any atom is -0.507 e. The van der Waals surface area contributed by atoms with E-state index in [1.165, 1.54) is 17.6 Å².